The van der Waals surface area contributed by atoms with Gasteiger partial charge in [-0.25, -0.2) is 4.79 Å². The van der Waals surface area contributed by atoms with E-state index in [0.29, 0.717) is 6.04 Å². The average molecular weight is 278 g/mol. The number of ether oxygens (including phenoxy) is 1. The van der Waals surface area contributed by atoms with Crippen LogP contribution in [0.5, 0.6) is 0 Å². The fourth-order valence-corrected chi connectivity index (χ4v) is 3.17. The Kier molecular flexibility index (Phi) is 5.53. The first kappa shape index (κ1) is 15.0. The third-order valence-corrected chi connectivity index (χ3v) is 4.19. The molecular formula is C15H22N2O3. The molecule has 0 amide bonds. The van der Waals surface area contributed by atoms with Crippen LogP contribution in [0.2, 0.25) is 0 Å². The number of fused-ring (bicyclic) bond motifs is 1. The molecule has 110 valence electrons. The Morgan fingerprint density at radius 2 is 2.25 bits per heavy atom. The molecule has 0 aromatic heterocycles. The number of carbonyl (C=O) groups excluding carboxylic acids is 1. The normalized spacial score (nSPS) is 30.6. The van der Waals surface area contributed by atoms with Gasteiger partial charge in [-0.05, 0) is 43.8 Å². The molecule has 2 aliphatic heterocycles. The molecule has 2 N–H and O–H groups in total. The highest BCUT2D eigenvalue weighted by molar-refractivity contribution is 5.82. The SMILES string of the molecule is N=C=CC=CC(=O)OCC1C(O)CCN2CCCCC12. The second kappa shape index (κ2) is 7.39. The van der Waals surface area contributed by atoms with Gasteiger partial charge in [-0.15, -0.1) is 0 Å². The number of aliphatic hydroxyl groups is 1. The van der Waals surface area contributed by atoms with Crippen LogP contribution in [-0.2, 0) is 9.53 Å². The van der Waals surface area contributed by atoms with E-state index in [2.05, 4.69) is 10.8 Å². The molecule has 2 rings (SSSR count). The van der Waals surface area contributed by atoms with Crippen molar-refractivity contribution >= 4 is 11.8 Å². The summed E-state index contributed by atoms with van der Waals surface area (Å²) in [4.78, 5) is 13.9. The van der Waals surface area contributed by atoms with Crippen molar-refractivity contribution in [1.82, 2.24) is 4.90 Å². The lowest BCUT2D eigenvalue weighted by Gasteiger charge is -2.46. The molecule has 0 saturated carbocycles. The second-order valence-electron chi connectivity index (χ2n) is 5.42. The van der Waals surface area contributed by atoms with E-state index in [4.69, 9.17) is 10.1 Å². The summed E-state index contributed by atoms with van der Waals surface area (Å²) in [7, 11) is 0. The zero-order valence-corrected chi connectivity index (χ0v) is 11.6. The van der Waals surface area contributed by atoms with Crippen molar-refractivity contribution in [3.8, 4) is 0 Å². The van der Waals surface area contributed by atoms with Crippen LogP contribution in [0.1, 0.15) is 25.7 Å². The second-order valence-corrected chi connectivity index (χ2v) is 5.42. The Labute approximate surface area is 119 Å². The largest absolute Gasteiger partial charge is 0.462 e. The molecule has 0 radical (unpaired) electrons. The average Bonchev–Trinajstić information content (AvgIpc) is 2.46. The molecule has 0 aromatic carbocycles. The lowest BCUT2D eigenvalue weighted by Crippen LogP contribution is -2.54. The van der Waals surface area contributed by atoms with Crippen LogP contribution in [-0.4, -0.2) is 53.7 Å². The minimum absolute atomic E-state index is 0.0136. The van der Waals surface area contributed by atoms with Crippen LogP contribution in [0.4, 0.5) is 0 Å². The lowest BCUT2D eigenvalue weighted by atomic mass is 9.82. The van der Waals surface area contributed by atoms with Crippen LogP contribution in [0.25, 0.3) is 0 Å². The van der Waals surface area contributed by atoms with E-state index in [-0.39, 0.29) is 18.6 Å². The summed E-state index contributed by atoms with van der Waals surface area (Å²) in [6.07, 6.45) is 7.89. The van der Waals surface area contributed by atoms with Crippen molar-refractivity contribution in [2.24, 2.45) is 5.92 Å². The Balaban J connectivity index is 1.88. The third-order valence-electron chi connectivity index (χ3n) is 4.19. The van der Waals surface area contributed by atoms with Gasteiger partial charge in [0.2, 0.25) is 0 Å². The molecule has 2 saturated heterocycles. The van der Waals surface area contributed by atoms with E-state index in [9.17, 15) is 9.90 Å². The Morgan fingerprint density at radius 3 is 3.05 bits per heavy atom. The maximum absolute atomic E-state index is 11.5. The fourth-order valence-electron chi connectivity index (χ4n) is 3.17. The van der Waals surface area contributed by atoms with E-state index in [0.717, 1.165) is 25.9 Å². The van der Waals surface area contributed by atoms with Gasteiger partial charge in [0.15, 0.2) is 0 Å². The van der Waals surface area contributed by atoms with Crippen molar-refractivity contribution in [2.45, 2.75) is 37.8 Å². The molecule has 0 bridgehead atoms. The van der Waals surface area contributed by atoms with Crippen molar-refractivity contribution in [1.29, 1.82) is 5.41 Å². The van der Waals surface area contributed by atoms with Gasteiger partial charge >= 0.3 is 5.97 Å². The monoisotopic (exact) mass is 278 g/mol. The fraction of sp³-hybridized carbons (Fsp3) is 0.667. The van der Waals surface area contributed by atoms with Gasteiger partial charge in [0.1, 0.15) is 0 Å². The number of hydrogen-bond acceptors (Lipinski definition) is 5. The molecular weight excluding hydrogens is 256 g/mol. The first-order chi connectivity index (χ1) is 9.72. The molecule has 20 heavy (non-hydrogen) atoms. The van der Waals surface area contributed by atoms with E-state index in [1.165, 1.54) is 31.1 Å². The van der Waals surface area contributed by atoms with Crippen molar-refractivity contribution in [3.63, 3.8) is 0 Å². The molecule has 2 fully saturated rings. The number of piperidine rings is 2. The highest BCUT2D eigenvalue weighted by atomic mass is 16.5. The Morgan fingerprint density at radius 1 is 1.40 bits per heavy atom. The number of nitrogens with one attached hydrogen (secondary N) is 1. The van der Waals surface area contributed by atoms with Crippen molar-refractivity contribution < 1.29 is 14.6 Å². The van der Waals surface area contributed by atoms with E-state index < -0.39 is 5.97 Å². The van der Waals surface area contributed by atoms with Crippen molar-refractivity contribution in [2.75, 3.05) is 19.7 Å². The van der Waals surface area contributed by atoms with Crippen molar-refractivity contribution in [3.05, 3.63) is 18.2 Å². The lowest BCUT2D eigenvalue weighted by molar-refractivity contribution is -0.143. The minimum Gasteiger partial charge on any atom is -0.462 e. The van der Waals surface area contributed by atoms with Crippen LogP contribution in [0, 0.1) is 11.3 Å². The molecule has 3 unspecified atom stereocenters. The molecule has 0 aliphatic carbocycles. The van der Waals surface area contributed by atoms with Gasteiger partial charge < -0.3 is 9.84 Å². The highest BCUT2D eigenvalue weighted by Gasteiger charge is 2.38. The first-order valence-corrected chi connectivity index (χ1v) is 7.23. The third kappa shape index (κ3) is 3.79. The number of carbonyl (C=O) groups is 1. The van der Waals surface area contributed by atoms with Gasteiger partial charge in [0, 0.05) is 24.6 Å². The summed E-state index contributed by atoms with van der Waals surface area (Å²) in [5.74, 6) is 1.64. The van der Waals surface area contributed by atoms with Crippen LogP contribution >= 0.6 is 0 Å². The summed E-state index contributed by atoms with van der Waals surface area (Å²) in [5.41, 5.74) is 0. The molecule has 0 spiro atoms. The number of esters is 1. The summed E-state index contributed by atoms with van der Waals surface area (Å²) < 4.78 is 5.23. The maximum Gasteiger partial charge on any atom is 0.330 e. The summed E-state index contributed by atoms with van der Waals surface area (Å²) in [6, 6.07) is 0.339. The van der Waals surface area contributed by atoms with Gasteiger partial charge in [-0.3, -0.25) is 10.3 Å². The molecule has 5 nitrogen and oxygen atoms in total. The maximum atomic E-state index is 11.5. The standard InChI is InChI=1S/C15H22N2O3/c16-8-3-1-6-15(19)20-11-12-13-5-2-4-9-17(13)10-7-14(12)18/h1,3,6,12-14,16,18H,2,4-5,7,9-11H2. The van der Waals surface area contributed by atoms with Crippen LogP contribution in [0.3, 0.4) is 0 Å². The predicted molar refractivity (Wildman–Crippen MR) is 75.7 cm³/mol. The van der Waals surface area contributed by atoms with Gasteiger partial charge in [0.05, 0.1) is 12.7 Å². The predicted octanol–water partition coefficient (Wildman–Crippen LogP) is 1.13. The van der Waals surface area contributed by atoms with E-state index in [1.54, 1.807) is 0 Å². The number of nitrogens with zero attached hydrogens (tertiary/aromatic N) is 1. The van der Waals surface area contributed by atoms with Crippen LogP contribution in [0.15, 0.2) is 18.2 Å². The highest BCUT2D eigenvalue weighted by Crippen LogP contribution is 2.31. The summed E-state index contributed by atoms with van der Waals surface area (Å²) in [6.45, 7) is 2.30. The van der Waals surface area contributed by atoms with Gasteiger partial charge in [-0.1, -0.05) is 6.42 Å². The number of aliphatic hydroxyl groups excluding tert-OH is 1. The zero-order chi connectivity index (χ0) is 14.4. The number of rotatable bonds is 4. The minimum atomic E-state index is -0.434. The number of hydrogen-bond donors (Lipinski definition) is 2. The van der Waals surface area contributed by atoms with E-state index >= 15 is 0 Å². The molecule has 2 heterocycles. The Bertz CT molecular complexity index is 415. The smallest absolute Gasteiger partial charge is 0.330 e. The Hall–Kier alpha value is -1.42. The summed E-state index contributed by atoms with van der Waals surface area (Å²) >= 11 is 0. The molecule has 3 atom stereocenters. The van der Waals surface area contributed by atoms with E-state index in [1.807, 2.05) is 0 Å². The van der Waals surface area contributed by atoms with Gasteiger partial charge in [-0.2, -0.15) is 0 Å². The molecule has 5 heteroatoms. The zero-order valence-electron chi connectivity index (χ0n) is 11.6. The summed E-state index contributed by atoms with van der Waals surface area (Å²) in [5, 5.41) is 16.8. The van der Waals surface area contributed by atoms with Crippen LogP contribution < -0.4 is 0 Å². The molecule has 0 aromatic rings. The van der Waals surface area contributed by atoms with Gasteiger partial charge in [0.25, 0.3) is 0 Å². The quantitative estimate of drug-likeness (QED) is 0.350. The topological polar surface area (TPSA) is 73.6 Å². The molecule has 2 aliphatic rings. The number of allylic oxidation sites excluding steroid dienone is 2. The first-order valence-electron chi connectivity index (χ1n) is 7.23.